The van der Waals surface area contributed by atoms with Crippen molar-refractivity contribution < 1.29 is 9.90 Å². The molecule has 0 aliphatic carbocycles. The second kappa shape index (κ2) is 7.23. The van der Waals surface area contributed by atoms with Gasteiger partial charge >= 0.3 is 0 Å². The minimum atomic E-state index is -0.606. The number of carbonyl (C=O) groups is 1. The number of aliphatic hydroxyl groups excluding tert-OH is 1. The molecule has 0 heterocycles. The number of rotatable bonds is 5. The Labute approximate surface area is 132 Å². The van der Waals surface area contributed by atoms with E-state index in [9.17, 15) is 9.90 Å². The number of hydrogen-bond donors (Lipinski definition) is 2. The van der Waals surface area contributed by atoms with E-state index >= 15 is 0 Å². The minimum absolute atomic E-state index is 0.0381. The molecule has 0 fully saturated rings. The highest BCUT2D eigenvalue weighted by atomic mass is 16.3. The topological polar surface area (TPSA) is 49.3 Å². The van der Waals surface area contributed by atoms with Gasteiger partial charge in [-0.05, 0) is 37.0 Å². The van der Waals surface area contributed by atoms with E-state index in [0.29, 0.717) is 12.1 Å². The van der Waals surface area contributed by atoms with Gasteiger partial charge in [-0.25, -0.2) is 0 Å². The first-order valence-electron chi connectivity index (χ1n) is 7.61. The Hall–Kier alpha value is -2.13. The number of anilines is 1. The minimum Gasteiger partial charge on any atom is -0.389 e. The van der Waals surface area contributed by atoms with Crippen molar-refractivity contribution in [2.45, 2.75) is 39.2 Å². The molecule has 0 radical (unpaired) electrons. The van der Waals surface area contributed by atoms with E-state index < -0.39 is 6.10 Å². The lowest BCUT2D eigenvalue weighted by atomic mass is 9.93. The van der Waals surface area contributed by atoms with Gasteiger partial charge in [0.2, 0.25) is 5.91 Å². The molecular formula is C19H23NO2. The highest BCUT2D eigenvalue weighted by Gasteiger charge is 2.15. The van der Waals surface area contributed by atoms with Crippen molar-refractivity contribution in [2.75, 3.05) is 5.32 Å². The first kappa shape index (κ1) is 16.2. The maximum atomic E-state index is 12.3. The summed E-state index contributed by atoms with van der Waals surface area (Å²) in [6.45, 7) is 5.82. The molecule has 2 rings (SSSR count). The van der Waals surface area contributed by atoms with E-state index in [2.05, 4.69) is 31.3 Å². The van der Waals surface area contributed by atoms with Gasteiger partial charge in [0.05, 0.1) is 6.10 Å². The van der Waals surface area contributed by atoms with Gasteiger partial charge in [0, 0.05) is 17.7 Å². The molecule has 2 aromatic rings. The van der Waals surface area contributed by atoms with E-state index in [0.717, 1.165) is 5.56 Å². The van der Waals surface area contributed by atoms with Crippen molar-refractivity contribution in [1.29, 1.82) is 0 Å². The van der Waals surface area contributed by atoms with E-state index in [-0.39, 0.29) is 11.8 Å². The Morgan fingerprint density at radius 3 is 2.27 bits per heavy atom. The quantitative estimate of drug-likeness (QED) is 0.869. The third kappa shape index (κ3) is 3.95. The van der Waals surface area contributed by atoms with Crippen LogP contribution in [-0.4, -0.2) is 11.0 Å². The second-order valence-electron chi connectivity index (χ2n) is 5.77. The summed E-state index contributed by atoms with van der Waals surface area (Å²) in [5.74, 6) is 0.115. The van der Waals surface area contributed by atoms with E-state index in [1.54, 1.807) is 6.92 Å². The smallest absolute Gasteiger partial charge is 0.224 e. The molecule has 0 spiro atoms. The van der Waals surface area contributed by atoms with Crippen LogP contribution in [0.3, 0.4) is 0 Å². The number of hydrogen-bond acceptors (Lipinski definition) is 2. The molecule has 0 aliphatic rings. The van der Waals surface area contributed by atoms with Crippen LogP contribution in [0.2, 0.25) is 0 Å². The largest absolute Gasteiger partial charge is 0.389 e. The van der Waals surface area contributed by atoms with Crippen molar-refractivity contribution in [3.8, 4) is 0 Å². The Kier molecular flexibility index (Phi) is 5.34. The summed E-state index contributed by atoms with van der Waals surface area (Å²) in [7, 11) is 0. The summed E-state index contributed by atoms with van der Waals surface area (Å²) < 4.78 is 0. The fourth-order valence-corrected chi connectivity index (χ4v) is 2.70. The highest BCUT2D eigenvalue weighted by Crippen LogP contribution is 2.25. The molecule has 0 saturated heterocycles. The van der Waals surface area contributed by atoms with Crippen LogP contribution in [0.1, 0.15) is 49.0 Å². The third-order valence-electron chi connectivity index (χ3n) is 3.90. The van der Waals surface area contributed by atoms with Crippen LogP contribution in [0.15, 0.2) is 48.5 Å². The van der Waals surface area contributed by atoms with E-state index in [1.165, 1.54) is 11.1 Å². The van der Waals surface area contributed by atoms with Crippen molar-refractivity contribution in [3.63, 3.8) is 0 Å². The zero-order chi connectivity index (χ0) is 16.1. The van der Waals surface area contributed by atoms with Gasteiger partial charge in [0.15, 0.2) is 0 Å². The number of nitrogens with one attached hydrogen (secondary N) is 1. The average molecular weight is 297 g/mol. The number of aliphatic hydroxyl groups is 1. The van der Waals surface area contributed by atoms with Crippen LogP contribution in [0.5, 0.6) is 0 Å². The Morgan fingerprint density at radius 2 is 1.64 bits per heavy atom. The zero-order valence-corrected chi connectivity index (χ0v) is 13.3. The van der Waals surface area contributed by atoms with Crippen LogP contribution in [0.4, 0.5) is 5.69 Å². The van der Waals surface area contributed by atoms with Crippen molar-refractivity contribution >= 4 is 11.6 Å². The first-order valence-corrected chi connectivity index (χ1v) is 7.61. The van der Waals surface area contributed by atoms with Crippen LogP contribution >= 0.6 is 0 Å². The monoisotopic (exact) mass is 297 g/mol. The second-order valence-corrected chi connectivity index (χ2v) is 5.77. The van der Waals surface area contributed by atoms with E-state index in [4.69, 9.17) is 0 Å². The Morgan fingerprint density at radius 1 is 1.05 bits per heavy atom. The van der Waals surface area contributed by atoms with Crippen molar-refractivity contribution in [3.05, 3.63) is 65.2 Å². The fraction of sp³-hybridized carbons (Fsp3) is 0.316. The number of benzene rings is 2. The summed E-state index contributed by atoms with van der Waals surface area (Å²) in [5, 5.41) is 12.7. The van der Waals surface area contributed by atoms with Gasteiger partial charge in [-0.3, -0.25) is 4.79 Å². The lowest BCUT2D eigenvalue weighted by Crippen LogP contribution is -2.16. The molecule has 0 saturated carbocycles. The SMILES string of the molecule is Cc1ccccc1C(C)CC(=O)Nc1ccccc1C(C)O. The van der Waals surface area contributed by atoms with Gasteiger partial charge < -0.3 is 10.4 Å². The number of amides is 1. The molecule has 3 nitrogen and oxygen atoms in total. The number of para-hydroxylation sites is 1. The van der Waals surface area contributed by atoms with Crippen molar-refractivity contribution in [2.24, 2.45) is 0 Å². The zero-order valence-electron chi connectivity index (χ0n) is 13.3. The molecule has 2 aromatic carbocycles. The number of carbonyl (C=O) groups excluding carboxylic acids is 1. The molecule has 22 heavy (non-hydrogen) atoms. The highest BCUT2D eigenvalue weighted by molar-refractivity contribution is 5.92. The predicted octanol–water partition coefficient (Wildman–Crippen LogP) is 4.18. The van der Waals surface area contributed by atoms with Gasteiger partial charge in [0.25, 0.3) is 0 Å². The predicted molar refractivity (Wildman–Crippen MR) is 89.9 cm³/mol. The molecule has 2 N–H and O–H groups in total. The standard InChI is InChI=1S/C19H23NO2/c1-13-8-4-5-9-16(13)14(2)12-19(22)20-18-11-7-6-10-17(18)15(3)21/h4-11,14-15,21H,12H2,1-3H3,(H,20,22). The van der Waals surface area contributed by atoms with Crippen LogP contribution < -0.4 is 5.32 Å². The van der Waals surface area contributed by atoms with Crippen LogP contribution in [0.25, 0.3) is 0 Å². The lowest BCUT2D eigenvalue weighted by Gasteiger charge is -2.16. The molecular weight excluding hydrogens is 274 g/mol. The van der Waals surface area contributed by atoms with Crippen LogP contribution in [-0.2, 0) is 4.79 Å². The lowest BCUT2D eigenvalue weighted by molar-refractivity contribution is -0.116. The molecule has 0 bridgehead atoms. The Balaban J connectivity index is 2.06. The third-order valence-corrected chi connectivity index (χ3v) is 3.90. The summed E-state index contributed by atoms with van der Waals surface area (Å²) in [6, 6.07) is 15.5. The summed E-state index contributed by atoms with van der Waals surface area (Å²) >= 11 is 0. The normalized spacial score (nSPS) is 13.5. The maximum absolute atomic E-state index is 12.3. The molecule has 2 unspecified atom stereocenters. The molecule has 1 amide bonds. The molecule has 116 valence electrons. The molecule has 0 aliphatic heterocycles. The van der Waals surface area contributed by atoms with Gasteiger partial charge in [-0.1, -0.05) is 49.4 Å². The van der Waals surface area contributed by atoms with Gasteiger partial charge in [-0.15, -0.1) is 0 Å². The molecule has 2 atom stereocenters. The van der Waals surface area contributed by atoms with Gasteiger partial charge in [-0.2, -0.15) is 0 Å². The fourth-order valence-electron chi connectivity index (χ4n) is 2.70. The summed E-state index contributed by atoms with van der Waals surface area (Å²) in [4.78, 5) is 12.3. The Bertz CT molecular complexity index is 649. The maximum Gasteiger partial charge on any atom is 0.224 e. The van der Waals surface area contributed by atoms with Crippen molar-refractivity contribution in [1.82, 2.24) is 0 Å². The first-order chi connectivity index (χ1) is 10.5. The summed E-state index contributed by atoms with van der Waals surface area (Å²) in [5.41, 5.74) is 3.81. The van der Waals surface area contributed by atoms with E-state index in [1.807, 2.05) is 36.4 Å². The average Bonchev–Trinajstić information content (AvgIpc) is 2.47. The van der Waals surface area contributed by atoms with Gasteiger partial charge in [0.1, 0.15) is 0 Å². The molecule has 0 aromatic heterocycles. The molecule has 3 heteroatoms. The van der Waals surface area contributed by atoms with Crippen LogP contribution in [0, 0.1) is 6.92 Å². The summed E-state index contributed by atoms with van der Waals surface area (Å²) in [6.07, 6.45) is -0.191. The number of aryl methyl sites for hydroxylation is 1.